The Labute approximate surface area is 140 Å². The number of fused-ring (bicyclic) bond motifs is 1. The number of nitrogens with one attached hydrogen (secondary N) is 1. The number of imidazole rings is 1. The first-order valence-corrected chi connectivity index (χ1v) is 8.44. The molecule has 6 heteroatoms. The number of amides is 1. The number of aromatic amines is 1. The van der Waals surface area contributed by atoms with Crippen molar-refractivity contribution in [1.82, 2.24) is 24.6 Å². The molecule has 4 rings (SSSR count). The number of nitrogens with zero attached hydrogens (tertiary/aromatic N) is 4. The van der Waals surface area contributed by atoms with Crippen LogP contribution in [0.3, 0.4) is 0 Å². The van der Waals surface area contributed by atoms with Gasteiger partial charge in [-0.05, 0) is 49.9 Å². The van der Waals surface area contributed by atoms with Crippen LogP contribution in [0.5, 0.6) is 0 Å². The van der Waals surface area contributed by atoms with E-state index in [0.717, 1.165) is 54.5 Å². The molecule has 0 aliphatic carbocycles. The molecule has 1 aliphatic rings. The number of likely N-dealkylation sites (tertiary alicyclic amines) is 1. The molecule has 1 aromatic carbocycles. The van der Waals surface area contributed by atoms with Gasteiger partial charge >= 0.3 is 0 Å². The van der Waals surface area contributed by atoms with E-state index in [-0.39, 0.29) is 11.9 Å². The molecule has 0 spiro atoms. The van der Waals surface area contributed by atoms with Crippen molar-refractivity contribution < 1.29 is 4.79 Å². The van der Waals surface area contributed by atoms with Crippen molar-refractivity contribution in [2.24, 2.45) is 0 Å². The maximum atomic E-state index is 13.0. The zero-order valence-electron chi connectivity index (χ0n) is 13.8. The molecule has 1 N–H and O–H groups in total. The molecule has 0 radical (unpaired) electrons. The fourth-order valence-corrected chi connectivity index (χ4v) is 3.47. The molecule has 1 atom stereocenters. The third-order valence-corrected chi connectivity index (χ3v) is 4.72. The van der Waals surface area contributed by atoms with Crippen molar-refractivity contribution in [1.29, 1.82) is 0 Å². The van der Waals surface area contributed by atoms with Crippen molar-refractivity contribution >= 4 is 16.9 Å². The number of aromatic nitrogens is 4. The molecular formula is C18H21N5O. The zero-order valence-corrected chi connectivity index (χ0v) is 13.8. The third-order valence-electron chi connectivity index (χ3n) is 4.72. The smallest absolute Gasteiger partial charge is 0.254 e. The van der Waals surface area contributed by atoms with Gasteiger partial charge in [-0.1, -0.05) is 0 Å². The van der Waals surface area contributed by atoms with Crippen molar-refractivity contribution in [3.8, 4) is 0 Å². The quantitative estimate of drug-likeness (QED) is 0.806. The highest BCUT2D eigenvalue weighted by molar-refractivity contribution is 5.97. The minimum absolute atomic E-state index is 0.0973. The second-order valence-electron chi connectivity index (χ2n) is 6.52. The summed E-state index contributed by atoms with van der Waals surface area (Å²) in [6, 6.07) is 5.86. The standard InChI is InChI=1S/C18H21N5O/c1-13-9-21-22(10-13)11-15-4-2-3-7-23(15)18(24)14-5-6-16-17(8-14)20-12-19-16/h5-6,8-10,12,15H,2-4,7,11H2,1H3,(H,19,20)/t15-/m0/s1. The van der Waals surface area contributed by atoms with Gasteiger partial charge in [0.05, 0.1) is 36.1 Å². The van der Waals surface area contributed by atoms with Crippen LogP contribution in [0.1, 0.15) is 35.2 Å². The summed E-state index contributed by atoms with van der Waals surface area (Å²) < 4.78 is 1.95. The molecule has 0 bridgehead atoms. The average Bonchev–Trinajstić information content (AvgIpc) is 3.22. The highest BCUT2D eigenvalue weighted by atomic mass is 16.2. The number of carbonyl (C=O) groups excluding carboxylic acids is 1. The molecule has 1 aliphatic heterocycles. The number of hydrogen-bond acceptors (Lipinski definition) is 3. The van der Waals surface area contributed by atoms with Crippen LogP contribution in [-0.4, -0.2) is 43.1 Å². The molecule has 1 saturated heterocycles. The van der Waals surface area contributed by atoms with Crippen LogP contribution in [-0.2, 0) is 6.54 Å². The van der Waals surface area contributed by atoms with Gasteiger partial charge in [0.1, 0.15) is 0 Å². The normalized spacial score (nSPS) is 18.2. The summed E-state index contributed by atoms with van der Waals surface area (Å²) in [4.78, 5) is 22.3. The lowest BCUT2D eigenvalue weighted by Crippen LogP contribution is -2.45. The van der Waals surface area contributed by atoms with E-state index in [1.54, 1.807) is 6.33 Å². The number of aryl methyl sites for hydroxylation is 1. The number of benzene rings is 1. The summed E-state index contributed by atoms with van der Waals surface area (Å²) in [6.45, 7) is 3.60. The fraction of sp³-hybridized carbons (Fsp3) is 0.389. The van der Waals surface area contributed by atoms with Gasteiger partial charge in [0, 0.05) is 18.3 Å². The van der Waals surface area contributed by atoms with Crippen LogP contribution in [0.2, 0.25) is 0 Å². The van der Waals surface area contributed by atoms with Crippen LogP contribution < -0.4 is 0 Å². The number of hydrogen-bond donors (Lipinski definition) is 1. The Morgan fingerprint density at radius 2 is 2.29 bits per heavy atom. The fourth-order valence-electron chi connectivity index (χ4n) is 3.47. The Balaban J connectivity index is 1.57. The van der Waals surface area contributed by atoms with Gasteiger partial charge < -0.3 is 9.88 Å². The number of carbonyl (C=O) groups is 1. The van der Waals surface area contributed by atoms with Crippen molar-refractivity contribution in [2.75, 3.05) is 6.54 Å². The van der Waals surface area contributed by atoms with E-state index in [9.17, 15) is 4.79 Å². The first-order chi connectivity index (χ1) is 11.7. The first kappa shape index (κ1) is 14.9. The highest BCUT2D eigenvalue weighted by Crippen LogP contribution is 2.22. The van der Waals surface area contributed by atoms with Crippen molar-refractivity contribution in [3.63, 3.8) is 0 Å². The van der Waals surface area contributed by atoms with Crippen LogP contribution in [0.25, 0.3) is 11.0 Å². The molecule has 3 aromatic rings. The van der Waals surface area contributed by atoms with Gasteiger partial charge in [0.2, 0.25) is 0 Å². The lowest BCUT2D eigenvalue weighted by Gasteiger charge is -2.35. The minimum Gasteiger partial charge on any atom is -0.345 e. The van der Waals surface area contributed by atoms with Gasteiger partial charge in [-0.3, -0.25) is 9.48 Å². The zero-order chi connectivity index (χ0) is 16.5. The summed E-state index contributed by atoms with van der Waals surface area (Å²) in [7, 11) is 0. The highest BCUT2D eigenvalue weighted by Gasteiger charge is 2.28. The van der Waals surface area contributed by atoms with E-state index in [1.807, 2.05) is 47.1 Å². The number of piperidine rings is 1. The van der Waals surface area contributed by atoms with E-state index in [2.05, 4.69) is 15.1 Å². The molecular weight excluding hydrogens is 302 g/mol. The van der Waals surface area contributed by atoms with Crippen LogP contribution in [0.15, 0.2) is 36.9 Å². The van der Waals surface area contributed by atoms with Crippen molar-refractivity contribution in [2.45, 2.75) is 38.8 Å². The molecule has 24 heavy (non-hydrogen) atoms. The van der Waals surface area contributed by atoms with E-state index < -0.39 is 0 Å². The van der Waals surface area contributed by atoms with Crippen LogP contribution >= 0.6 is 0 Å². The van der Waals surface area contributed by atoms with Gasteiger partial charge in [-0.2, -0.15) is 5.10 Å². The predicted molar refractivity (Wildman–Crippen MR) is 91.7 cm³/mol. The SMILES string of the molecule is Cc1cnn(C[C@@H]2CCCCN2C(=O)c2ccc3nc[nH]c3c2)c1. The predicted octanol–water partition coefficient (Wildman–Crippen LogP) is 2.76. The van der Waals surface area contributed by atoms with E-state index in [1.165, 1.54) is 0 Å². The lowest BCUT2D eigenvalue weighted by molar-refractivity contribution is 0.0584. The summed E-state index contributed by atoms with van der Waals surface area (Å²) in [5.74, 6) is 0.0973. The van der Waals surface area contributed by atoms with E-state index >= 15 is 0 Å². The molecule has 0 saturated carbocycles. The molecule has 1 fully saturated rings. The van der Waals surface area contributed by atoms with Crippen LogP contribution in [0.4, 0.5) is 0 Å². The average molecular weight is 323 g/mol. The van der Waals surface area contributed by atoms with Crippen LogP contribution in [0, 0.1) is 6.92 Å². The molecule has 1 amide bonds. The Kier molecular flexibility index (Phi) is 3.80. The Morgan fingerprint density at radius 3 is 3.12 bits per heavy atom. The maximum absolute atomic E-state index is 13.0. The van der Waals surface area contributed by atoms with Gasteiger partial charge in [0.25, 0.3) is 5.91 Å². The molecule has 3 heterocycles. The summed E-state index contributed by atoms with van der Waals surface area (Å²) in [5, 5.41) is 4.38. The number of H-pyrrole nitrogens is 1. The second-order valence-corrected chi connectivity index (χ2v) is 6.52. The Bertz CT molecular complexity index is 865. The van der Waals surface area contributed by atoms with Gasteiger partial charge in [-0.25, -0.2) is 4.98 Å². The first-order valence-electron chi connectivity index (χ1n) is 8.44. The monoisotopic (exact) mass is 323 g/mol. The minimum atomic E-state index is 0.0973. The van der Waals surface area contributed by atoms with Gasteiger partial charge in [0.15, 0.2) is 0 Å². The maximum Gasteiger partial charge on any atom is 0.254 e. The number of rotatable bonds is 3. The molecule has 6 nitrogen and oxygen atoms in total. The van der Waals surface area contributed by atoms with E-state index in [0.29, 0.717) is 0 Å². The molecule has 0 unspecified atom stereocenters. The second kappa shape index (κ2) is 6.11. The largest absolute Gasteiger partial charge is 0.345 e. The third kappa shape index (κ3) is 2.79. The molecule has 2 aromatic heterocycles. The molecule has 124 valence electrons. The van der Waals surface area contributed by atoms with Gasteiger partial charge in [-0.15, -0.1) is 0 Å². The summed E-state index contributed by atoms with van der Waals surface area (Å²) >= 11 is 0. The summed E-state index contributed by atoms with van der Waals surface area (Å²) in [5.41, 5.74) is 3.65. The summed E-state index contributed by atoms with van der Waals surface area (Å²) in [6.07, 6.45) is 8.80. The Morgan fingerprint density at radius 1 is 1.38 bits per heavy atom. The Hall–Kier alpha value is -2.63. The lowest BCUT2D eigenvalue weighted by atomic mass is 10.0. The van der Waals surface area contributed by atoms with E-state index in [4.69, 9.17) is 0 Å². The topological polar surface area (TPSA) is 66.8 Å². The van der Waals surface area contributed by atoms with Crippen molar-refractivity contribution in [3.05, 3.63) is 48.0 Å².